The average Bonchev–Trinajstić information content (AvgIpc) is 2.80. The van der Waals surface area contributed by atoms with Crippen LogP contribution in [-0.2, 0) is 12.6 Å². The highest BCUT2D eigenvalue weighted by molar-refractivity contribution is 5.65. The molecule has 0 atom stereocenters. The van der Waals surface area contributed by atoms with Crippen molar-refractivity contribution in [1.82, 2.24) is 9.97 Å². The average molecular weight is 441 g/mol. The third-order valence-electron chi connectivity index (χ3n) is 5.99. The molecule has 1 aromatic heterocycles. The van der Waals surface area contributed by atoms with Crippen molar-refractivity contribution in [1.29, 1.82) is 0 Å². The van der Waals surface area contributed by atoms with Crippen molar-refractivity contribution >= 4 is 23.1 Å². The monoisotopic (exact) mass is 440 g/mol. The number of hydrogen-bond donors (Lipinski definition) is 2. The van der Waals surface area contributed by atoms with Gasteiger partial charge in [0.1, 0.15) is 11.4 Å². The molecule has 1 fully saturated rings. The van der Waals surface area contributed by atoms with Crippen LogP contribution in [0.2, 0.25) is 0 Å². The van der Waals surface area contributed by atoms with Crippen molar-refractivity contribution in [3.63, 3.8) is 0 Å². The Labute approximate surface area is 186 Å². The molecule has 32 heavy (non-hydrogen) atoms. The van der Waals surface area contributed by atoms with E-state index in [9.17, 15) is 13.2 Å². The lowest BCUT2D eigenvalue weighted by atomic mass is 9.84. The van der Waals surface area contributed by atoms with Crippen LogP contribution < -0.4 is 10.6 Å². The lowest BCUT2D eigenvalue weighted by Crippen LogP contribution is -2.13. The maximum absolute atomic E-state index is 13.6. The number of halogens is 3. The molecule has 0 bridgehead atoms. The van der Waals surface area contributed by atoms with Crippen molar-refractivity contribution in [2.24, 2.45) is 0 Å². The molecule has 4 nitrogen and oxygen atoms in total. The molecule has 0 amide bonds. The molecule has 3 aromatic rings. The highest BCUT2D eigenvalue weighted by Crippen LogP contribution is 2.36. The summed E-state index contributed by atoms with van der Waals surface area (Å²) in [5, 5.41) is 5.90. The zero-order chi connectivity index (χ0) is 22.6. The Bertz CT molecular complexity index is 1040. The van der Waals surface area contributed by atoms with Crippen LogP contribution in [0.25, 0.3) is 0 Å². The predicted molar refractivity (Wildman–Crippen MR) is 122 cm³/mol. The number of rotatable bonds is 6. The number of benzene rings is 2. The molecular formula is C25H27F3N4. The lowest BCUT2D eigenvalue weighted by molar-refractivity contribution is -0.137. The van der Waals surface area contributed by atoms with Crippen molar-refractivity contribution in [3.8, 4) is 0 Å². The molecule has 168 valence electrons. The molecule has 0 spiro atoms. The summed E-state index contributed by atoms with van der Waals surface area (Å²) < 4.78 is 40.7. The van der Waals surface area contributed by atoms with E-state index in [0.29, 0.717) is 18.0 Å². The van der Waals surface area contributed by atoms with E-state index >= 15 is 0 Å². The smallest absolute Gasteiger partial charge is 0.339 e. The van der Waals surface area contributed by atoms with Gasteiger partial charge in [-0.1, -0.05) is 56.5 Å². The van der Waals surface area contributed by atoms with Gasteiger partial charge in [0, 0.05) is 17.6 Å². The molecule has 2 N–H and O–H groups in total. The first-order valence-electron chi connectivity index (χ1n) is 11.1. The third kappa shape index (κ3) is 5.21. The van der Waals surface area contributed by atoms with Gasteiger partial charge in [-0.15, -0.1) is 0 Å². The minimum Gasteiger partial charge on any atom is -0.339 e. The first-order chi connectivity index (χ1) is 15.4. The van der Waals surface area contributed by atoms with Crippen LogP contribution in [0.1, 0.15) is 61.6 Å². The number of hydrogen-bond acceptors (Lipinski definition) is 4. The zero-order valence-corrected chi connectivity index (χ0v) is 18.0. The summed E-state index contributed by atoms with van der Waals surface area (Å²) in [5.41, 5.74) is 2.65. The molecule has 1 saturated carbocycles. The number of aromatic nitrogens is 2. The molecule has 0 unspecified atom stereocenters. The normalized spacial score (nSPS) is 14.9. The Morgan fingerprint density at radius 2 is 1.66 bits per heavy atom. The largest absolute Gasteiger partial charge is 0.421 e. The van der Waals surface area contributed by atoms with E-state index in [4.69, 9.17) is 0 Å². The van der Waals surface area contributed by atoms with Crippen LogP contribution in [0.4, 0.5) is 36.3 Å². The fourth-order valence-electron chi connectivity index (χ4n) is 4.23. The summed E-state index contributed by atoms with van der Waals surface area (Å²) in [4.78, 5) is 8.08. The Hall–Kier alpha value is -3.09. The predicted octanol–water partition coefficient (Wildman–Crippen LogP) is 7.59. The SMILES string of the molecule is CCc1ccccc1Nc1nc(Nc2ccc(C3CCCCC3)cc2)ncc1C(F)(F)F. The third-order valence-corrected chi connectivity index (χ3v) is 5.99. The van der Waals surface area contributed by atoms with E-state index < -0.39 is 11.7 Å². The first kappa shape index (κ1) is 22.1. The van der Waals surface area contributed by atoms with Gasteiger partial charge in [-0.3, -0.25) is 0 Å². The van der Waals surface area contributed by atoms with E-state index in [2.05, 4.69) is 32.7 Å². The van der Waals surface area contributed by atoms with E-state index in [1.807, 2.05) is 31.2 Å². The molecule has 1 aliphatic carbocycles. The van der Waals surface area contributed by atoms with E-state index in [-0.39, 0.29) is 11.8 Å². The fraction of sp³-hybridized carbons (Fsp3) is 0.360. The van der Waals surface area contributed by atoms with Crippen LogP contribution in [-0.4, -0.2) is 9.97 Å². The summed E-state index contributed by atoms with van der Waals surface area (Å²) in [7, 11) is 0. The van der Waals surface area contributed by atoms with Crippen molar-refractivity contribution in [2.45, 2.75) is 57.5 Å². The van der Waals surface area contributed by atoms with Crippen molar-refractivity contribution < 1.29 is 13.2 Å². The van der Waals surface area contributed by atoms with Crippen LogP contribution in [0.15, 0.2) is 54.7 Å². The maximum atomic E-state index is 13.6. The van der Waals surface area contributed by atoms with E-state index in [1.165, 1.54) is 37.7 Å². The lowest BCUT2D eigenvalue weighted by Gasteiger charge is -2.22. The van der Waals surface area contributed by atoms with Gasteiger partial charge in [-0.2, -0.15) is 18.2 Å². The molecule has 0 radical (unpaired) electrons. The number of para-hydroxylation sites is 1. The van der Waals surface area contributed by atoms with Crippen LogP contribution in [0, 0.1) is 0 Å². The van der Waals surface area contributed by atoms with Crippen LogP contribution in [0.5, 0.6) is 0 Å². The Morgan fingerprint density at radius 3 is 2.34 bits per heavy atom. The van der Waals surface area contributed by atoms with E-state index in [1.54, 1.807) is 12.1 Å². The number of anilines is 4. The summed E-state index contributed by atoms with van der Waals surface area (Å²) in [6.45, 7) is 1.95. The maximum Gasteiger partial charge on any atom is 0.421 e. The number of nitrogens with one attached hydrogen (secondary N) is 2. The minimum atomic E-state index is -4.57. The molecule has 1 aliphatic rings. The van der Waals surface area contributed by atoms with Gasteiger partial charge in [-0.25, -0.2) is 4.98 Å². The number of nitrogens with zero attached hydrogens (tertiary/aromatic N) is 2. The standard InChI is InChI=1S/C25H27F3N4/c1-2-17-8-6-7-11-22(17)31-23-21(25(26,27)28)16-29-24(32-23)30-20-14-12-19(13-15-20)18-9-4-3-5-10-18/h6-8,11-16,18H,2-5,9-10H2,1H3,(H2,29,30,31,32). The Balaban J connectivity index is 1.57. The van der Waals surface area contributed by atoms with Crippen molar-refractivity contribution in [3.05, 3.63) is 71.4 Å². The molecule has 1 heterocycles. The number of alkyl halides is 3. The second-order valence-corrected chi connectivity index (χ2v) is 8.17. The van der Waals surface area contributed by atoms with Gasteiger partial charge in [0.2, 0.25) is 5.95 Å². The summed E-state index contributed by atoms with van der Waals surface area (Å²) >= 11 is 0. The van der Waals surface area contributed by atoms with Gasteiger partial charge >= 0.3 is 6.18 Å². The van der Waals surface area contributed by atoms with Gasteiger partial charge in [0.05, 0.1) is 0 Å². The molecule has 2 aromatic carbocycles. The van der Waals surface area contributed by atoms with Crippen molar-refractivity contribution in [2.75, 3.05) is 10.6 Å². The van der Waals surface area contributed by atoms with Gasteiger partial charge in [0.15, 0.2) is 0 Å². The van der Waals surface area contributed by atoms with Crippen LogP contribution >= 0.6 is 0 Å². The molecule has 4 rings (SSSR count). The summed E-state index contributed by atoms with van der Waals surface area (Å²) in [6.07, 6.45) is 3.20. The Kier molecular flexibility index (Phi) is 6.63. The second kappa shape index (κ2) is 9.59. The first-order valence-corrected chi connectivity index (χ1v) is 11.1. The van der Waals surface area contributed by atoms with Gasteiger partial charge in [-0.05, 0) is 54.5 Å². The minimum absolute atomic E-state index is 0.111. The topological polar surface area (TPSA) is 49.8 Å². The van der Waals surface area contributed by atoms with Crippen LogP contribution in [0.3, 0.4) is 0 Å². The zero-order valence-electron chi connectivity index (χ0n) is 18.0. The number of aryl methyl sites for hydroxylation is 1. The molecule has 0 saturated heterocycles. The Morgan fingerprint density at radius 1 is 0.938 bits per heavy atom. The van der Waals surface area contributed by atoms with Gasteiger partial charge in [0.25, 0.3) is 0 Å². The summed E-state index contributed by atoms with van der Waals surface area (Å²) in [5.74, 6) is 0.434. The second-order valence-electron chi connectivity index (χ2n) is 8.17. The quantitative estimate of drug-likeness (QED) is 0.414. The summed E-state index contributed by atoms with van der Waals surface area (Å²) in [6, 6.07) is 15.3. The molecule has 7 heteroatoms. The fourth-order valence-corrected chi connectivity index (χ4v) is 4.23. The highest BCUT2D eigenvalue weighted by atomic mass is 19.4. The molecule has 0 aliphatic heterocycles. The highest BCUT2D eigenvalue weighted by Gasteiger charge is 2.35. The van der Waals surface area contributed by atoms with Gasteiger partial charge < -0.3 is 10.6 Å². The van der Waals surface area contributed by atoms with E-state index in [0.717, 1.165) is 17.4 Å². The molecular weight excluding hydrogens is 413 g/mol.